The molecular weight excluding hydrogens is 266 g/mol. The van der Waals surface area contributed by atoms with Gasteiger partial charge in [-0.15, -0.1) is 0 Å². The number of nitrogens with one attached hydrogen (secondary N) is 2. The summed E-state index contributed by atoms with van der Waals surface area (Å²) in [5.41, 5.74) is 2.16. The molecule has 0 saturated heterocycles. The van der Waals surface area contributed by atoms with Gasteiger partial charge in [-0.2, -0.15) is 5.10 Å². The molecule has 0 atom stereocenters. The minimum Gasteiger partial charge on any atom is -0.497 e. The molecule has 2 aromatic rings. The zero-order valence-corrected chi connectivity index (χ0v) is 12.1. The Hall–Kier alpha value is -2.30. The van der Waals surface area contributed by atoms with Crippen LogP contribution in [-0.2, 0) is 0 Å². The predicted octanol–water partition coefficient (Wildman–Crippen LogP) is 2.76. The number of H-pyrrole nitrogens is 1. The predicted molar refractivity (Wildman–Crippen MR) is 80.3 cm³/mol. The maximum absolute atomic E-state index is 12.2. The largest absolute Gasteiger partial charge is 0.497 e. The SMILES string of the molecule is COc1cccc(-c2cc(C(=O)NC3CCCC3)[nH]n2)c1. The van der Waals surface area contributed by atoms with Gasteiger partial charge in [0.25, 0.3) is 5.91 Å². The van der Waals surface area contributed by atoms with Crippen LogP contribution in [-0.4, -0.2) is 29.3 Å². The third kappa shape index (κ3) is 3.07. The van der Waals surface area contributed by atoms with Crippen molar-refractivity contribution in [2.45, 2.75) is 31.7 Å². The summed E-state index contributed by atoms with van der Waals surface area (Å²) >= 11 is 0. The second kappa shape index (κ2) is 5.99. The van der Waals surface area contributed by atoms with E-state index < -0.39 is 0 Å². The van der Waals surface area contributed by atoms with Gasteiger partial charge in [-0.3, -0.25) is 9.89 Å². The first-order chi connectivity index (χ1) is 10.3. The number of hydrogen-bond acceptors (Lipinski definition) is 3. The van der Waals surface area contributed by atoms with Crippen molar-refractivity contribution in [1.82, 2.24) is 15.5 Å². The Bertz CT molecular complexity index is 630. The van der Waals surface area contributed by atoms with Gasteiger partial charge in [0.05, 0.1) is 12.8 Å². The van der Waals surface area contributed by atoms with Crippen molar-refractivity contribution in [3.8, 4) is 17.0 Å². The van der Waals surface area contributed by atoms with Gasteiger partial charge in [-0.1, -0.05) is 25.0 Å². The van der Waals surface area contributed by atoms with Crippen molar-refractivity contribution in [3.63, 3.8) is 0 Å². The fraction of sp³-hybridized carbons (Fsp3) is 0.375. The van der Waals surface area contributed by atoms with Gasteiger partial charge in [0.15, 0.2) is 0 Å². The van der Waals surface area contributed by atoms with Crippen LogP contribution < -0.4 is 10.1 Å². The van der Waals surface area contributed by atoms with E-state index in [0.717, 1.165) is 29.8 Å². The Kier molecular flexibility index (Phi) is 3.90. The fourth-order valence-corrected chi connectivity index (χ4v) is 2.70. The first-order valence-electron chi connectivity index (χ1n) is 7.27. The molecule has 21 heavy (non-hydrogen) atoms. The second-order valence-electron chi connectivity index (χ2n) is 5.35. The first-order valence-corrected chi connectivity index (χ1v) is 7.27. The highest BCUT2D eigenvalue weighted by Crippen LogP contribution is 2.23. The van der Waals surface area contributed by atoms with E-state index in [-0.39, 0.29) is 5.91 Å². The highest BCUT2D eigenvalue weighted by atomic mass is 16.5. The normalized spacial score (nSPS) is 15.1. The van der Waals surface area contributed by atoms with Crippen LogP contribution in [0.25, 0.3) is 11.3 Å². The van der Waals surface area contributed by atoms with Gasteiger partial charge >= 0.3 is 0 Å². The van der Waals surface area contributed by atoms with E-state index in [1.165, 1.54) is 12.8 Å². The van der Waals surface area contributed by atoms with Crippen LogP contribution in [0.3, 0.4) is 0 Å². The molecule has 1 fully saturated rings. The molecule has 110 valence electrons. The molecule has 0 spiro atoms. The van der Waals surface area contributed by atoms with Crippen LogP contribution in [0.1, 0.15) is 36.2 Å². The van der Waals surface area contributed by atoms with E-state index in [4.69, 9.17) is 4.74 Å². The summed E-state index contributed by atoms with van der Waals surface area (Å²) in [5, 5.41) is 10.1. The summed E-state index contributed by atoms with van der Waals surface area (Å²) in [7, 11) is 1.63. The van der Waals surface area contributed by atoms with Crippen molar-refractivity contribution < 1.29 is 9.53 Å². The van der Waals surface area contributed by atoms with Gasteiger partial charge in [-0.05, 0) is 31.0 Å². The van der Waals surface area contributed by atoms with Gasteiger partial charge in [0.2, 0.25) is 0 Å². The van der Waals surface area contributed by atoms with Crippen molar-refractivity contribution in [2.75, 3.05) is 7.11 Å². The molecule has 1 aromatic carbocycles. The van der Waals surface area contributed by atoms with Crippen LogP contribution in [0.5, 0.6) is 5.75 Å². The van der Waals surface area contributed by atoms with Crippen molar-refractivity contribution in [2.24, 2.45) is 0 Å². The zero-order valence-electron chi connectivity index (χ0n) is 12.1. The van der Waals surface area contributed by atoms with Crippen LogP contribution in [0.2, 0.25) is 0 Å². The lowest BCUT2D eigenvalue weighted by atomic mass is 10.1. The Morgan fingerprint density at radius 3 is 2.90 bits per heavy atom. The Morgan fingerprint density at radius 1 is 1.33 bits per heavy atom. The fourth-order valence-electron chi connectivity index (χ4n) is 2.70. The molecule has 2 N–H and O–H groups in total. The molecule has 5 nitrogen and oxygen atoms in total. The lowest BCUT2D eigenvalue weighted by molar-refractivity contribution is 0.0933. The molecule has 5 heteroatoms. The lowest BCUT2D eigenvalue weighted by Crippen LogP contribution is -2.32. The smallest absolute Gasteiger partial charge is 0.269 e. The number of carbonyl (C=O) groups is 1. The molecule has 0 bridgehead atoms. The quantitative estimate of drug-likeness (QED) is 0.907. The van der Waals surface area contributed by atoms with E-state index in [9.17, 15) is 4.79 Å². The van der Waals surface area contributed by atoms with E-state index >= 15 is 0 Å². The highest BCUT2D eigenvalue weighted by molar-refractivity contribution is 5.93. The molecule has 1 aliphatic rings. The van der Waals surface area contributed by atoms with E-state index in [2.05, 4.69) is 15.5 Å². The molecule has 0 unspecified atom stereocenters. The number of rotatable bonds is 4. The third-order valence-electron chi connectivity index (χ3n) is 3.88. The molecular formula is C16H19N3O2. The third-order valence-corrected chi connectivity index (χ3v) is 3.88. The van der Waals surface area contributed by atoms with E-state index in [0.29, 0.717) is 11.7 Å². The molecule has 1 aliphatic carbocycles. The minimum absolute atomic E-state index is 0.0800. The van der Waals surface area contributed by atoms with E-state index in [1.807, 2.05) is 24.3 Å². The molecule has 3 rings (SSSR count). The van der Waals surface area contributed by atoms with Gasteiger partial charge in [-0.25, -0.2) is 0 Å². The summed E-state index contributed by atoms with van der Waals surface area (Å²) in [4.78, 5) is 12.2. The number of ether oxygens (including phenoxy) is 1. The summed E-state index contributed by atoms with van der Waals surface area (Å²) in [6.07, 6.45) is 4.54. The number of benzene rings is 1. The molecule has 1 amide bonds. The first kappa shape index (κ1) is 13.7. The van der Waals surface area contributed by atoms with Crippen molar-refractivity contribution >= 4 is 5.91 Å². The van der Waals surface area contributed by atoms with E-state index in [1.54, 1.807) is 13.2 Å². The van der Waals surface area contributed by atoms with Crippen LogP contribution in [0.15, 0.2) is 30.3 Å². The number of amides is 1. The number of nitrogens with zero attached hydrogens (tertiary/aromatic N) is 1. The Balaban J connectivity index is 1.74. The van der Waals surface area contributed by atoms with Gasteiger partial charge < -0.3 is 10.1 Å². The number of carbonyl (C=O) groups excluding carboxylic acids is 1. The standard InChI is InChI=1S/C16H19N3O2/c1-21-13-8-4-5-11(9-13)14-10-15(19-18-14)16(20)17-12-6-2-3-7-12/h4-5,8-10,12H,2-3,6-7H2,1H3,(H,17,20)(H,18,19). The number of hydrogen-bond donors (Lipinski definition) is 2. The maximum Gasteiger partial charge on any atom is 0.269 e. The molecule has 0 aliphatic heterocycles. The van der Waals surface area contributed by atoms with Gasteiger partial charge in [0.1, 0.15) is 11.4 Å². The zero-order chi connectivity index (χ0) is 14.7. The molecule has 1 heterocycles. The van der Waals surface area contributed by atoms with Crippen LogP contribution in [0, 0.1) is 0 Å². The van der Waals surface area contributed by atoms with Crippen LogP contribution >= 0.6 is 0 Å². The Labute approximate surface area is 123 Å². The number of aromatic nitrogens is 2. The average molecular weight is 285 g/mol. The summed E-state index contributed by atoms with van der Waals surface area (Å²) in [5.74, 6) is 0.691. The summed E-state index contributed by atoms with van der Waals surface area (Å²) in [6.45, 7) is 0. The average Bonchev–Trinajstić information content (AvgIpc) is 3.18. The molecule has 1 aromatic heterocycles. The summed E-state index contributed by atoms with van der Waals surface area (Å²) in [6, 6.07) is 9.71. The maximum atomic E-state index is 12.2. The van der Waals surface area contributed by atoms with Gasteiger partial charge in [0, 0.05) is 11.6 Å². The number of aromatic amines is 1. The Morgan fingerprint density at radius 2 is 2.14 bits per heavy atom. The highest BCUT2D eigenvalue weighted by Gasteiger charge is 2.19. The topological polar surface area (TPSA) is 67.0 Å². The lowest BCUT2D eigenvalue weighted by Gasteiger charge is -2.10. The number of methoxy groups -OCH3 is 1. The molecule has 0 radical (unpaired) electrons. The van der Waals surface area contributed by atoms with Crippen molar-refractivity contribution in [1.29, 1.82) is 0 Å². The van der Waals surface area contributed by atoms with Crippen LogP contribution in [0.4, 0.5) is 0 Å². The molecule has 1 saturated carbocycles. The van der Waals surface area contributed by atoms with Crippen molar-refractivity contribution in [3.05, 3.63) is 36.0 Å². The minimum atomic E-state index is -0.0800. The summed E-state index contributed by atoms with van der Waals surface area (Å²) < 4.78 is 5.20. The second-order valence-corrected chi connectivity index (χ2v) is 5.35. The monoisotopic (exact) mass is 285 g/mol.